The van der Waals surface area contributed by atoms with Crippen molar-refractivity contribution in [1.82, 2.24) is 19.6 Å². The predicted octanol–water partition coefficient (Wildman–Crippen LogP) is 3.24. The van der Waals surface area contributed by atoms with E-state index >= 15 is 0 Å². The first-order valence-corrected chi connectivity index (χ1v) is 11.2. The van der Waals surface area contributed by atoms with Gasteiger partial charge in [0.2, 0.25) is 11.8 Å². The highest BCUT2D eigenvalue weighted by atomic mass is 16.2. The van der Waals surface area contributed by atoms with Crippen LogP contribution in [0.25, 0.3) is 10.9 Å². The Bertz CT molecular complexity index is 875. The molecule has 29 heavy (non-hydrogen) atoms. The molecule has 1 aromatic heterocycles. The Morgan fingerprint density at radius 2 is 1.59 bits per heavy atom. The number of piperidine rings is 1. The Hall–Kier alpha value is -2.21. The van der Waals surface area contributed by atoms with Crippen LogP contribution < -0.4 is 0 Å². The fourth-order valence-electron chi connectivity index (χ4n) is 5.57. The molecule has 154 valence electrons. The summed E-state index contributed by atoms with van der Waals surface area (Å²) >= 11 is 0. The number of amides is 2. The van der Waals surface area contributed by atoms with Gasteiger partial charge in [-0.3, -0.25) is 19.2 Å². The maximum absolute atomic E-state index is 12.6. The van der Waals surface area contributed by atoms with Crippen molar-refractivity contribution in [3.8, 4) is 0 Å². The molecule has 0 N–H and O–H groups in total. The summed E-state index contributed by atoms with van der Waals surface area (Å²) < 4.78 is 2.19. The van der Waals surface area contributed by atoms with Gasteiger partial charge in [0.05, 0.1) is 29.6 Å². The van der Waals surface area contributed by atoms with Gasteiger partial charge in [0.25, 0.3) is 0 Å². The zero-order chi connectivity index (χ0) is 19.8. The molecule has 3 heterocycles. The van der Waals surface area contributed by atoms with E-state index in [9.17, 15) is 9.59 Å². The minimum absolute atomic E-state index is 0.0177. The minimum Gasteiger partial charge on any atom is -0.303 e. The van der Waals surface area contributed by atoms with Gasteiger partial charge < -0.3 is 4.90 Å². The molecule has 1 aliphatic carbocycles. The average molecular weight is 395 g/mol. The minimum atomic E-state index is -0.0177. The Morgan fingerprint density at radius 3 is 2.31 bits per heavy atom. The summed E-state index contributed by atoms with van der Waals surface area (Å²) in [6.45, 7) is 3.64. The molecule has 6 nitrogen and oxygen atoms in total. The molecule has 2 amide bonds. The van der Waals surface area contributed by atoms with Crippen LogP contribution in [0.2, 0.25) is 0 Å². The Kier molecular flexibility index (Phi) is 5.12. The molecule has 1 aromatic carbocycles. The molecule has 3 aliphatic rings. The topological polar surface area (TPSA) is 58.4 Å². The zero-order valence-corrected chi connectivity index (χ0v) is 17.0. The van der Waals surface area contributed by atoms with Crippen LogP contribution in [0.1, 0.15) is 51.0 Å². The Labute approximate surface area is 171 Å². The molecule has 0 unspecified atom stereocenters. The molecule has 5 rings (SSSR count). The van der Waals surface area contributed by atoms with Crippen molar-refractivity contribution in [2.75, 3.05) is 26.2 Å². The van der Waals surface area contributed by atoms with Crippen LogP contribution in [0.15, 0.2) is 30.5 Å². The molecule has 3 fully saturated rings. The fourth-order valence-corrected chi connectivity index (χ4v) is 5.57. The lowest BCUT2D eigenvalue weighted by Crippen LogP contribution is -2.38. The molecule has 6 heteroatoms. The van der Waals surface area contributed by atoms with E-state index in [4.69, 9.17) is 0 Å². The van der Waals surface area contributed by atoms with Gasteiger partial charge in [-0.2, -0.15) is 5.10 Å². The van der Waals surface area contributed by atoms with Crippen molar-refractivity contribution in [3.63, 3.8) is 0 Å². The lowest BCUT2D eigenvalue weighted by Gasteiger charge is -2.32. The molecule has 1 saturated carbocycles. The number of imide groups is 1. The SMILES string of the molecule is O=C1[C@H]2CCCC[C@H]2C(=O)N1CCCN1CCC(n2ncc3ccccc32)CC1. The summed E-state index contributed by atoms with van der Waals surface area (Å²) in [4.78, 5) is 29.2. The molecule has 2 saturated heterocycles. The van der Waals surface area contributed by atoms with Gasteiger partial charge >= 0.3 is 0 Å². The second-order valence-electron chi connectivity index (χ2n) is 8.90. The lowest BCUT2D eigenvalue weighted by molar-refractivity contribution is -0.140. The summed E-state index contributed by atoms with van der Waals surface area (Å²) in [5.74, 6) is 0.166. The van der Waals surface area contributed by atoms with Crippen molar-refractivity contribution in [1.29, 1.82) is 0 Å². The van der Waals surface area contributed by atoms with Gasteiger partial charge in [0.15, 0.2) is 0 Å². The van der Waals surface area contributed by atoms with Gasteiger partial charge in [-0.15, -0.1) is 0 Å². The monoisotopic (exact) mass is 394 g/mol. The van der Waals surface area contributed by atoms with Crippen LogP contribution in [0, 0.1) is 11.8 Å². The number of benzene rings is 1. The van der Waals surface area contributed by atoms with Crippen LogP contribution in [0.3, 0.4) is 0 Å². The maximum atomic E-state index is 12.6. The summed E-state index contributed by atoms with van der Waals surface area (Å²) in [5, 5.41) is 5.83. The summed E-state index contributed by atoms with van der Waals surface area (Å²) in [6, 6.07) is 8.85. The predicted molar refractivity (Wildman–Crippen MR) is 111 cm³/mol. The smallest absolute Gasteiger partial charge is 0.233 e. The first-order valence-electron chi connectivity index (χ1n) is 11.2. The quantitative estimate of drug-likeness (QED) is 0.731. The maximum Gasteiger partial charge on any atom is 0.233 e. The van der Waals surface area contributed by atoms with E-state index in [1.165, 1.54) is 10.9 Å². The second kappa shape index (κ2) is 7.90. The van der Waals surface area contributed by atoms with Gasteiger partial charge in [0, 0.05) is 25.0 Å². The molecular weight excluding hydrogens is 364 g/mol. The Morgan fingerprint density at radius 1 is 0.897 bits per heavy atom. The van der Waals surface area contributed by atoms with Crippen molar-refractivity contribution in [3.05, 3.63) is 30.5 Å². The fraction of sp³-hybridized carbons (Fsp3) is 0.609. The van der Waals surface area contributed by atoms with Gasteiger partial charge in [-0.05, 0) is 44.7 Å². The van der Waals surface area contributed by atoms with Crippen LogP contribution in [0.4, 0.5) is 0 Å². The molecule has 2 atom stereocenters. The molecule has 0 radical (unpaired) electrons. The largest absolute Gasteiger partial charge is 0.303 e. The second-order valence-corrected chi connectivity index (χ2v) is 8.90. The van der Waals surface area contributed by atoms with Crippen molar-refractivity contribution in [2.45, 2.75) is 51.0 Å². The van der Waals surface area contributed by atoms with Crippen molar-refractivity contribution in [2.24, 2.45) is 11.8 Å². The summed E-state index contributed by atoms with van der Waals surface area (Å²) in [6.07, 6.45) is 9.02. The number of hydrogen-bond acceptors (Lipinski definition) is 4. The number of carbonyl (C=O) groups is 2. The highest BCUT2D eigenvalue weighted by Crippen LogP contribution is 2.38. The molecule has 2 aliphatic heterocycles. The number of hydrogen-bond donors (Lipinski definition) is 0. The number of fused-ring (bicyclic) bond motifs is 2. The van der Waals surface area contributed by atoms with Crippen molar-refractivity contribution < 1.29 is 9.59 Å². The van der Waals surface area contributed by atoms with Crippen LogP contribution in [-0.4, -0.2) is 57.6 Å². The molecular formula is C23H30N4O2. The van der Waals surface area contributed by atoms with Gasteiger partial charge in [0.1, 0.15) is 0 Å². The van der Waals surface area contributed by atoms with E-state index in [-0.39, 0.29) is 23.7 Å². The third-order valence-corrected chi connectivity index (χ3v) is 7.20. The van der Waals surface area contributed by atoms with Crippen molar-refractivity contribution >= 4 is 22.7 Å². The highest BCUT2D eigenvalue weighted by Gasteiger charge is 2.47. The number of likely N-dealkylation sites (tertiary alicyclic amines) is 2. The van der Waals surface area contributed by atoms with Gasteiger partial charge in [-0.25, -0.2) is 0 Å². The zero-order valence-electron chi connectivity index (χ0n) is 17.0. The summed E-state index contributed by atoms with van der Waals surface area (Å²) in [7, 11) is 0. The number of aromatic nitrogens is 2. The van der Waals surface area contributed by atoms with E-state index < -0.39 is 0 Å². The molecule has 2 aromatic rings. The highest BCUT2D eigenvalue weighted by molar-refractivity contribution is 6.05. The number of carbonyl (C=O) groups excluding carboxylic acids is 2. The third-order valence-electron chi connectivity index (χ3n) is 7.20. The molecule has 0 bridgehead atoms. The summed E-state index contributed by atoms with van der Waals surface area (Å²) in [5.41, 5.74) is 1.22. The first-order chi connectivity index (χ1) is 14.2. The number of rotatable bonds is 5. The lowest BCUT2D eigenvalue weighted by atomic mass is 9.81. The standard InChI is InChI=1S/C23H30N4O2/c28-22-19-7-2-3-8-20(19)23(29)26(22)13-5-12-25-14-10-18(11-15-25)27-21-9-4-1-6-17(21)16-24-27/h1,4,6,9,16,18-20H,2-3,5,7-8,10-15H2/t19-,20+. The van der Waals surface area contributed by atoms with Crippen LogP contribution >= 0.6 is 0 Å². The van der Waals surface area contributed by atoms with Crippen LogP contribution in [0.5, 0.6) is 0 Å². The first kappa shape index (κ1) is 18.8. The molecule has 0 spiro atoms. The van der Waals surface area contributed by atoms with E-state index in [0.717, 1.165) is 64.6 Å². The normalized spacial score (nSPS) is 26.4. The van der Waals surface area contributed by atoms with E-state index in [0.29, 0.717) is 12.6 Å². The van der Waals surface area contributed by atoms with E-state index in [2.05, 4.69) is 38.9 Å². The van der Waals surface area contributed by atoms with Gasteiger partial charge in [-0.1, -0.05) is 31.0 Å². The third kappa shape index (κ3) is 3.48. The average Bonchev–Trinajstić information content (AvgIpc) is 3.30. The number of nitrogens with zero attached hydrogens (tertiary/aromatic N) is 4. The number of para-hydroxylation sites is 1. The Balaban J connectivity index is 1.11. The van der Waals surface area contributed by atoms with E-state index in [1.807, 2.05) is 6.20 Å². The van der Waals surface area contributed by atoms with E-state index in [1.54, 1.807) is 4.90 Å². The van der Waals surface area contributed by atoms with Crippen LogP contribution in [-0.2, 0) is 9.59 Å².